The SMILES string of the molecule is C=CCN1CCN(C(=O)c2csc(-c3cccc(OCc4ccccc4F)c3)n2)CC1. The van der Waals surface area contributed by atoms with E-state index in [9.17, 15) is 9.18 Å². The molecule has 1 aliphatic rings. The van der Waals surface area contributed by atoms with Crippen LogP contribution in [0.1, 0.15) is 16.1 Å². The minimum atomic E-state index is -0.285. The van der Waals surface area contributed by atoms with Crippen molar-refractivity contribution >= 4 is 17.2 Å². The summed E-state index contributed by atoms with van der Waals surface area (Å²) in [6.07, 6.45) is 1.89. The summed E-state index contributed by atoms with van der Waals surface area (Å²) in [5, 5.41) is 2.56. The third-order valence-corrected chi connectivity index (χ3v) is 6.09. The number of piperazine rings is 1. The lowest BCUT2D eigenvalue weighted by atomic mass is 10.2. The maximum atomic E-state index is 13.8. The molecule has 0 radical (unpaired) electrons. The Morgan fingerprint density at radius 1 is 1.16 bits per heavy atom. The Morgan fingerprint density at radius 3 is 2.74 bits per heavy atom. The quantitative estimate of drug-likeness (QED) is 0.512. The molecule has 1 aliphatic heterocycles. The van der Waals surface area contributed by atoms with Crippen molar-refractivity contribution in [2.24, 2.45) is 0 Å². The fourth-order valence-corrected chi connectivity index (χ4v) is 4.27. The zero-order valence-corrected chi connectivity index (χ0v) is 18.0. The molecule has 0 saturated carbocycles. The average Bonchev–Trinajstić information content (AvgIpc) is 3.29. The normalized spacial score (nSPS) is 14.4. The van der Waals surface area contributed by atoms with E-state index in [0.717, 1.165) is 30.2 Å². The third-order valence-electron chi connectivity index (χ3n) is 5.20. The number of thiazole rings is 1. The summed E-state index contributed by atoms with van der Waals surface area (Å²) in [6, 6.07) is 14.0. The molecule has 0 aliphatic carbocycles. The van der Waals surface area contributed by atoms with E-state index in [0.29, 0.717) is 30.1 Å². The average molecular weight is 438 g/mol. The van der Waals surface area contributed by atoms with Crippen LogP contribution >= 0.6 is 11.3 Å². The van der Waals surface area contributed by atoms with Gasteiger partial charge in [-0.3, -0.25) is 9.69 Å². The standard InChI is InChI=1S/C24H24FN3O2S/c1-2-10-27-11-13-28(14-12-27)24(29)22-17-31-23(26-22)18-7-5-8-20(15-18)30-16-19-6-3-4-9-21(19)25/h2-9,15,17H,1,10-14,16H2. The Kier molecular flexibility index (Phi) is 6.74. The van der Waals surface area contributed by atoms with Crippen LogP contribution in [0.3, 0.4) is 0 Å². The predicted molar refractivity (Wildman–Crippen MR) is 121 cm³/mol. The smallest absolute Gasteiger partial charge is 0.273 e. The van der Waals surface area contributed by atoms with Crippen molar-refractivity contribution in [2.45, 2.75) is 6.61 Å². The first-order chi connectivity index (χ1) is 15.1. The first kappa shape index (κ1) is 21.2. The van der Waals surface area contributed by atoms with Gasteiger partial charge >= 0.3 is 0 Å². The van der Waals surface area contributed by atoms with Crippen LogP contribution in [0.5, 0.6) is 5.75 Å². The van der Waals surface area contributed by atoms with E-state index in [1.165, 1.54) is 17.4 Å². The van der Waals surface area contributed by atoms with Crippen molar-refractivity contribution < 1.29 is 13.9 Å². The number of hydrogen-bond donors (Lipinski definition) is 0. The molecule has 0 unspecified atom stereocenters. The van der Waals surface area contributed by atoms with Gasteiger partial charge in [0.2, 0.25) is 0 Å². The number of nitrogens with zero attached hydrogens (tertiary/aromatic N) is 3. The summed E-state index contributed by atoms with van der Waals surface area (Å²) >= 11 is 1.43. The molecule has 1 saturated heterocycles. The van der Waals surface area contributed by atoms with Crippen molar-refractivity contribution in [3.63, 3.8) is 0 Å². The van der Waals surface area contributed by atoms with Gasteiger partial charge in [0, 0.05) is 49.2 Å². The fourth-order valence-electron chi connectivity index (χ4n) is 3.48. The lowest BCUT2D eigenvalue weighted by molar-refractivity contribution is 0.0645. The summed E-state index contributed by atoms with van der Waals surface area (Å²) in [5.74, 6) is 0.307. The van der Waals surface area contributed by atoms with Crippen LogP contribution in [-0.2, 0) is 6.61 Å². The molecule has 2 aromatic carbocycles. The summed E-state index contributed by atoms with van der Waals surface area (Å²) in [5.41, 5.74) is 1.84. The van der Waals surface area contributed by atoms with Gasteiger partial charge in [0.1, 0.15) is 28.9 Å². The molecule has 1 fully saturated rings. The molecule has 0 spiro atoms. The molecule has 31 heavy (non-hydrogen) atoms. The van der Waals surface area contributed by atoms with E-state index in [2.05, 4.69) is 16.5 Å². The summed E-state index contributed by atoms with van der Waals surface area (Å²) in [7, 11) is 0. The highest BCUT2D eigenvalue weighted by molar-refractivity contribution is 7.13. The van der Waals surface area contributed by atoms with Gasteiger partial charge in [-0.15, -0.1) is 17.9 Å². The van der Waals surface area contributed by atoms with Crippen molar-refractivity contribution in [3.8, 4) is 16.3 Å². The van der Waals surface area contributed by atoms with Crippen LogP contribution in [0.15, 0.2) is 66.6 Å². The second kappa shape index (κ2) is 9.85. The highest BCUT2D eigenvalue weighted by atomic mass is 32.1. The third kappa shape index (κ3) is 5.18. The minimum absolute atomic E-state index is 0.0345. The first-order valence-electron chi connectivity index (χ1n) is 10.2. The molecule has 2 heterocycles. The predicted octanol–water partition coefficient (Wildman–Crippen LogP) is 4.47. The van der Waals surface area contributed by atoms with Crippen LogP contribution in [0.25, 0.3) is 10.6 Å². The van der Waals surface area contributed by atoms with E-state index in [1.54, 1.807) is 23.6 Å². The Hall–Kier alpha value is -3.03. The van der Waals surface area contributed by atoms with E-state index >= 15 is 0 Å². The molecule has 0 bridgehead atoms. The Balaban J connectivity index is 1.41. The van der Waals surface area contributed by atoms with Gasteiger partial charge in [-0.25, -0.2) is 9.37 Å². The highest BCUT2D eigenvalue weighted by Gasteiger charge is 2.23. The van der Waals surface area contributed by atoms with E-state index in [-0.39, 0.29) is 18.3 Å². The maximum Gasteiger partial charge on any atom is 0.273 e. The summed E-state index contributed by atoms with van der Waals surface area (Å²) in [4.78, 5) is 21.5. The van der Waals surface area contributed by atoms with Gasteiger partial charge in [-0.05, 0) is 18.2 Å². The van der Waals surface area contributed by atoms with E-state index < -0.39 is 0 Å². The second-order valence-electron chi connectivity index (χ2n) is 7.33. The number of carbonyl (C=O) groups is 1. The van der Waals surface area contributed by atoms with Crippen LogP contribution in [0, 0.1) is 5.82 Å². The Morgan fingerprint density at radius 2 is 1.97 bits per heavy atom. The van der Waals surface area contributed by atoms with E-state index in [4.69, 9.17) is 4.74 Å². The van der Waals surface area contributed by atoms with Crippen molar-refractivity contribution in [1.82, 2.24) is 14.8 Å². The summed E-state index contributed by atoms with van der Waals surface area (Å²) in [6.45, 7) is 7.84. The Bertz CT molecular complexity index is 1060. The highest BCUT2D eigenvalue weighted by Crippen LogP contribution is 2.28. The molecule has 4 rings (SSSR count). The molecule has 7 heteroatoms. The number of aromatic nitrogens is 1. The van der Waals surface area contributed by atoms with E-state index in [1.807, 2.05) is 35.2 Å². The number of halogens is 1. The number of benzene rings is 2. The number of rotatable bonds is 7. The van der Waals surface area contributed by atoms with Crippen LogP contribution < -0.4 is 4.74 Å². The molecular weight excluding hydrogens is 413 g/mol. The van der Waals surface area contributed by atoms with Crippen molar-refractivity contribution in [3.05, 3.63) is 83.6 Å². The van der Waals surface area contributed by atoms with Gasteiger partial charge < -0.3 is 9.64 Å². The van der Waals surface area contributed by atoms with Crippen molar-refractivity contribution in [2.75, 3.05) is 32.7 Å². The molecule has 1 amide bonds. The first-order valence-corrected chi connectivity index (χ1v) is 11.1. The number of hydrogen-bond acceptors (Lipinski definition) is 5. The minimum Gasteiger partial charge on any atom is -0.489 e. The molecule has 0 N–H and O–H groups in total. The van der Waals surface area contributed by atoms with Gasteiger partial charge in [0.05, 0.1) is 0 Å². The molecule has 3 aromatic rings. The molecular formula is C24H24FN3O2S. The lowest BCUT2D eigenvalue weighted by Gasteiger charge is -2.33. The number of ether oxygens (including phenoxy) is 1. The van der Waals surface area contributed by atoms with Gasteiger partial charge in [0.25, 0.3) is 5.91 Å². The second-order valence-corrected chi connectivity index (χ2v) is 8.19. The number of carbonyl (C=O) groups excluding carboxylic acids is 1. The van der Waals surface area contributed by atoms with Gasteiger partial charge in [-0.2, -0.15) is 0 Å². The van der Waals surface area contributed by atoms with Crippen LogP contribution in [-0.4, -0.2) is 53.4 Å². The van der Waals surface area contributed by atoms with Gasteiger partial charge in [0.15, 0.2) is 0 Å². The van der Waals surface area contributed by atoms with Crippen LogP contribution in [0.2, 0.25) is 0 Å². The summed E-state index contributed by atoms with van der Waals surface area (Å²) < 4.78 is 19.6. The largest absolute Gasteiger partial charge is 0.489 e. The maximum absolute atomic E-state index is 13.8. The lowest BCUT2D eigenvalue weighted by Crippen LogP contribution is -2.48. The fraction of sp³-hybridized carbons (Fsp3) is 0.250. The molecule has 160 valence electrons. The van der Waals surface area contributed by atoms with Gasteiger partial charge in [-0.1, -0.05) is 36.4 Å². The Labute approximate surface area is 185 Å². The molecule has 1 aromatic heterocycles. The van der Waals surface area contributed by atoms with Crippen LogP contribution in [0.4, 0.5) is 4.39 Å². The zero-order valence-electron chi connectivity index (χ0n) is 17.2. The topological polar surface area (TPSA) is 45.7 Å². The van der Waals surface area contributed by atoms with Crippen molar-refractivity contribution in [1.29, 1.82) is 0 Å². The number of amides is 1. The molecule has 0 atom stereocenters. The zero-order chi connectivity index (χ0) is 21.6. The monoisotopic (exact) mass is 437 g/mol. The molecule has 5 nitrogen and oxygen atoms in total.